The third-order valence-electron chi connectivity index (χ3n) is 2.70. The number of aliphatic carboxylic acids is 1. The van der Waals surface area contributed by atoms with E-state index in [1.165, 1.54) is 11.3 Å². The summed E-state index contributed by atoms with van der Waals surface area (Å²) in [4.78, 5) is 30.9. The monoisotopic (exact) mass is 302 g/mol. The minimum absolute atomic E-state index is 0.166. The van der Waals surface area contributed by atoms with Crippen molar-refractivity contribution < 1.29 is 14.7 Å². The van der Waals surface area contributed by atoms with Crippen LogP contribution in [0, 0.1) is 0 Å². The summed E-state index contributed by atoms with van der Waals surface area (Å²) in [6.45, 7) is 0. The largest absolute Gasteiger partial charge is 0.481 e. The van der Waals surface area contributed by atoms with E-state index in [2.05, 4.69) is 15.3 Å². The molecule has 0 unspecified atom stereocenters. The van der Waals surface area contributed by atoms with Gasteiger partial charge in [0, 0.05) is 17.8 Å². The molecule has 0 aliphatic rings. The fourth-order valence-electron chi connectivity index (χ4n) is 1.81. The number of thiazole rings is 1. The van der Waals surface area contributed by atoms with Gasteiger partial charge in [-0.25, -0.2) is 9.97 Å². The molecule has 8 heteroatoms. The number of anilines is 1. The Morgan fingerprint density at radius 1 is 1.33 bits per heavy atom. The van der Waals surface area contributed by atoms with E-state index in [9.17, 15) is 9.59 Å². The summed E-state index contributed by atoms with van der Waals surface area (Å²) in [7, 11) is 0. The van der Waals surface area contributed by atoms with E-state index in [1.807, 2.05) is 12.1 Å². The first-order valence-corrected chi connectivity index (χ1v) is 6.91. The van der Waals surface area contributed by atoms with Crippen LogP contribution in [0.15, 0.2) is 36.0 Å². The summed E-state index contributed by atoms with van der Waals surface area (Å²) in [5.41, 5.74) is 1.36. The van der Waals surface area contributed by atoms with Crippen molar-refractivity contribution in [1.82, 2.24) is 14.4 Å². The number of aromatic nitrogens is 3. The van der Waals surface area contributed by atoms with Gasteiger partial charge in [-0.15, -0.1) is 11.3 Å². The molecule has 0 aliphatic carbocycles. The third-order valence-corrected chi connectivity index (χ3v) is 3.51. The minimum atomic E-state index is -0.960. The molecular weight excluding hydrogens is 292 g/mol. The highest BCUT2D eigenvalue weighted by molar-refractivity contribution is 7.14. The fraction of sp³-hybridized carbons (Fsp3) is 0.0769. The van der Waals surface area contributed by atoms with Crippen molar-refractivity contribution in [3.05, 3.63) is 47.4 Å². The molecule has 3 aromatic heterocycles. The maximum absolute atomic E-state index is 12.1. The Balaban J connectivity index is 1.76. The van der Waals surface area contributed by atoms with Crippen LogP contribution in [0.3, 0.4) is 0 Å². The molecule has 21 heavy (non-hydrogen) atoms. The molecule has 0 saturated carbocycles. The van der Waals surface area contributed by atoms with Crippen molar-refractivity contribution in [2.24, 2.45) is 0 Å². The molecule has 3 heterocycles. The van der Waals surface area contributed by atoms with Gasteiger partial charge in [0.1, 0.15) is 11.3 Å². The van der Waals surface area contributed by atoms with Crippen molar-refractivity contribution in [3.63, 3.8) is 0 Å². The van der Waals surface area contributed by atoms with Gasteiger partial charge in [0.05, 0.1) is 12.1 Å². The summed E-state index contributed by atoms with van der Waals surface area (Å²) in [5, 5.41) is 13.3. The smallest absolute Gasteiger partial charge is 0.309 e. The molecule has 3 aromatic rings. The van der Waals surface area contributed by atoms with Crippen LogP contribution < -0.4 is 5.32 Å². The van der Waals surface area contributed by atoms with Gasteiger partial charge < -0.3 is 9.51 Å². The van der Waals surface area contributed by atoms with Crippen LogP contribution in [0.2, 0.25) is 0 Å². The number of carboxylic acid groups (broad SMARTS) is 1. The normalized spacial score (nSPS) is 10.7. The van der Waals surface area contributed by atoms with E-state index >= 15 is 0 Å². The number of carbonyl (C=O) groups excluding carboxylic acids is 1. The SMILES string of the molecule is O=C(O)Cc1csc(NC(=O)c2cn3ccccc3n2)n1. The van der Waals surface area contributed by atoms with Gasteiger partial charge in [-0.1, -0.05) is 6.07 Å². The zero-order chi connectivity index (χ0) is 14.8. The molecule has 106 valence electrons. The van der Waals surface area contributed by atoms with Crippen LogP contribution in [-0.2, 0) is 11.2 Å². The molecule has 0 aliphatic heterocycles. The van der Waals surface area contributed by atoms with Crippen LogP contribution >= 0.6 is 11.3 Å². The van der Waals surface area contributed by atoms with E-state index in [1.54, 1.807) is 28.2 Å². The summed E-state index contributed by atoms with van der Waals surface area (Å²) >= 11 is 1.18. The number of rotatable bonds is 4. The van der Waals surface area contributed by atoms with Gasteiger partial charge in [-0.3, -0.25) is 14.9 Å². The van der Waals surface area contributed by atoms with Gasteiger partial charge in [-0.2, -0.15) is 0 Å². The highest BCUT2D eigenvalue weighted by Crippen LogP contribution is 2.17. The molecule has 0 atom stereocenters. The zero-order valence-electron chi connectivity index (χ0n) is 10.7. The van der Waals surface area contributed by atoms with Crippen LogP contribution in [0.5, 0.6) is 0 Å². The van der Waals surface area contributed by atoms with Gasteiger partial charge in [0.15, 0.2) is 5.13 Å². The summed E-state index contributed by atoms with van der Waals surface area (Å²) in [5.74, 6) is -1.34. The number of imidazole rings is 1. The first kappa shape index (κ1) is 13.3. The van der Waals surface area contributed by atoms with Gasteiger partial charge in [0.25, 0.3) is 5.91 Å². The van der Waals surface area contributed by atoms with Crippen LogP contribution in [0.25, 0.3) is 5.65 Å². The number of nitrogens with one attached hydrogen (secondary N) is 1. The highest BCUT2D eigenvalue weighted by Gasteiger charge is 2.13. The molecule has 0 fully saturated rings. The number of carboxylic acids is 1. The fourth-order valence-corrected chi connectivity index (χ4v) is 2.51. The summed E-state index contributed by atoms with van der Waals surface area (Å²) in [6, 6.07) is 5.48. The van der Waals surface area contributed by atoms with Crippen LogP contribution in [0.4, 0.5) is 5.13 Å². The number of nitrogens with zero attached hydrogens (tertiary/aromatic N) is 3. The molecule has 0 spiro atoms. The van der Waals surface area contributed by atoms with Crippen molar-refractivity contribution >= 4 is 34.0 Å². The standard InChI is InChI=1S/C13H10N4O3S/c18-11(19)5-8-7-21-13(14-8)16-12(20)9-6-17-4-2-1-3-10(17)15-9/h1-4,6-7H,5H2,(H,18,19)(H,14,16,20). The van der Waals surface area contributed by atoms with Gasteiger partial charge >= 0.3 is 5.97 Å². The Morgan fingerprint density at radius 2 is 2.19 bits per heavy atom. The lowest BCUT2D eigenvalue weighted by molar-refractivity contribution is -0.136. The molecule has 0 saturated heterocycles. The topological polar surface area (TPSA) is 96.6 Å². The second kappa shape index (κ2) is 5.33. The second-order valence-electron chi connectivity index (χ2n) is 4.26. The van der Waals surface area contributed by atoms with Crippen molar-refractivity contribution in [1.29, 1.82) is 0 Å². The maximum Gasteiger partial charge on any atom is 0.309 e. The van der Waals surface area contributed by atoms with E-state index in [0.717, 1.165) is 0 Å². The molecule has 0 radical (unpaired) electrons. The average molecular weight is 302 g/mol. The lowest BCUT2D eigenvalue weighted by atomic mass is 10.3. The molecule has 0 bridgehead atoms. The molecule has 2 N–H and O–H groups in total. The summed E-state index contributed by atoms with van der Waals surface area (Å²) < 4.78 is 1.74. The number of hydrogen-bond donors (Lipinski definition) is 2. The zero-order valence-corrected chi connectivity index (χ0v) is 11.5. The van der Waals surface area contributed by atoms with Gasteiger partial charge in [0.2, 0.25) is 0 Å². The second-order valence-corrected chi connectivity index (χ2v) is 5.12. The number of hydrogen-bond acceptors (Lipinski definition) is 5. The van der Waals surface area contributed by atoms with Crippen LogP contribution in [-0.4, -0.2) is 31.4 Å². The average Bonchev–Trinajstić information content (AvgIpc) is 3.04. The lowest BCUT2D eigenvalue weighted by Crippen LogP contribution is -2.12. The Kier molecular flexibility index (Phi) is 3.36. The van der Waals surface area contributed by atoms with Crippen molar-refractivity contribution in [3.8, 4) is 0 Å². The quantitative estimate of drug-likeness (QED) is 0.764. The van der Waals surface area contributed by atoms with Gasteiger partial charge in [-0.05, 0) is 12.1 Å². The maximum atomic E-state index is 12.1. The first-order chi connectivity index (χ1) is 10.1. The minimum Gasteiger partial charge on any atom is -0.481 e. The Hall–Kier alpha value is -2.74. The lowest BCUT2D eigenvalue weighted by Gasteiger charge is -1.96. The van der Waals surface area contributed by atoms with Crippen molar-refractivity contribution in [2.45, 2.75) is 6.42 Å². The Bertz CT molecular complexity index is 791. The molecule has 3 rings (SSSR count). The predicted octanol–water partition coefficient (Wildman–Crippen LogP) is 1.67. The van der Waals surface area contributed by atoms with E-state index in [4.69, 9.17) is 5.11 Å². The Labute approximate surface area is 122 Å². The molecule has 7 nitrogen and oxygen atoms in total. The number of fused-ring (bicyclic) bond motifs is 1. The van der Waals surface area contributed by atoms with E-state index < -0.39 is 5.97 Å². The molecular formula is C13H10N4O3S. The van der Waals surface area contributed by atoms with E-state index in [0.29, 0.717) is 16.5 Å². The first-order valence-electron chi connectivity index (χ1n) is 6.03. The predicted molar refractivity (Wildman–Crippen MR) is 76.6 cm³/mol. The third kappa shape index (κ3) is 2.90. The number of pyridine rings is 1. The number of carbonyl (C=O) groups is 2. The van der Waals surface area contributed by atoms with E-state index in [-0.39, 0.29) is 18.0 Å². The summed E-state index contributed by atoms with van der Waals surface area (Å²) in [6.07, 6.45) is 3.25. The molecule has 0 aromatic carbocycles. The highest BCUT2D eigenvalue weighted by atomic mass is 32.1. The molecule has 1 amide bonds. The van der Waals surface area contributed by atoms with Crippen molar-refractivity contribution in [2.75, 3.05) is 5.32 Å². The Morgan fingerprint density at radius 3 is 2.95 bits per heavy atom. The van der Waals surface area contributed by atoms with Crippen LogP contribution in [0.1, 0.15) is 16.2 Å². The number of amides is 1.